The molecule has 0 radical (unpaired) electrons. The van der Waals surface area contributed by atoms with Crippen LogP contribution in [0.4, 0.5) is 0 Å². The number of rotatable bonds is 4. The van der Waals surface area contributed by atoms with Crippen LogP contribution in [0.2, 0.25) is 0 Å². The van der Waals surface area contributed by atoms with Crippen LogP contribution in [0.1, 0.15) is 28.8 Å². The lowest BCUT2D eigenvalue weighted by molar-refractivity contribution is -0.141. The summed E-state index contributed by atoms with van der Waals surface area (Å²) in [4.78, 5) is 25.9. The van der Waals surface area contributed by atoms with Crippen molar-refractivity contribution in [3.05, 3.63) is 52.3 Å². The zero-order valence-corrected chi connectivity index (χ0v) is 14.8. The van der Waals surface area contributed by atoms with Gasteiger partial charge in [-0.3, -0.25) is 14.3 Å². The second-order valence-corrected chi connectivity index (χ2v) is 6.81. The number of aliphatic carboxylic acids is 1. The van der Waals surface area contributed by atoms with Crippen molar-refractivity contribution in [2.75, 3.05) is 13.1 Å². The van der Waals surface area contributed by atoms with E-state index >= 15 is 0 Å². The van der Waals surface area contributed by atoms with Gasteiger partial charge in [0, 0.05) is 36.2 Å². The van der Waals surface area contributed by atoms with Crippen molar-refractivity contribution in [2.45, 2.75) is 19.4 Å². The predicted octanol–water partition coefficient (Wildman–Crippen LogP) is 2.61. The second-order valence-electron chi connectivity index (χ2n) is 5.90. The van der Waals surface area contributed by atoms with Gasteiger partial charge >= 0.3 is 5.97 Å². The molecule has 1 saturated heterocycles. The molecule has 1 amide bonds. The quantitative estimate of drug-likeness (QED) is 0.868. The first-order valence-electron chi connectivity index (χ1n) is 7.79. The highest BCUT2D eigenvalue weighted by Gasteiger charge is 2.40. The van der Waals surface area contributed by atoms with E-state index in [-0.39, 0.29) is 18.4 Å². The van der Waals surface area contributed by atoms with Gasteiger partial charge in [0.2, 0.25) is 0 Å². The lowest BCUT2D eigenvalue weighted by Crippen LogP contribution is -2.29. The number of hydrogen-bond acceptors (Lipinski definition) is 3. The number of aromatic nitrogens is 2. The summed E-state index contributed by atoms with van der Waals surface area (Å²) in [6, 6.07) is 7.61. The van der Waals surface area contributed by atoms with Gasteiger partial charge in [0.05, 0.1) is 17.7 Å². The van der Waals surface area contributed by atoms with Crippen LogP contribution in [-0.4, -0.2) is 44.8 Å². The third kappa shape index (κ3) is 3.21. The van der Waals surface area contributed by atoms with E-state index in [0.29, 0.717) is 18.7 Å². The molecule has 1 aromatic heterocycles. The van der Waals surface area contributed by atoms with Crippen molar-refractivity contribution in [2.24, 2.45) is 5.92 Å². The molecule has 0 aliphatic carbocycles. The molecule has 0 spiro atoms. The largest absolute Gasteiger partial charge is 0.481 e. The fourth-order valence-corrected chi connectivity index (χ4v) is 3.36. The number of benzene rings is 1. The SMILES string of the molecule is CCn1cc(C(=O)N2C[C@H](C(=O)O)[C@@H](c3ccc(Br)cc3)C2)cn1. The summed E-state index contributed by atoms with van der Waals surface area (Å²) in [7, 11) is 0. The number of aryl methyl sites for hydroxylation is 1. The molecule has 2 aromatic rings. The highest BCUT2D eigenvalue weighted by atomic mass is 79.9. The van der Waals surface area contributed by atoms with E-state index < -0.39 is 11.9 Å². The first-order chi connectivity index (χ1) is 11.5. The molecule has 7 heteroatoms. The second kappa shape index (κ2) is 6.76. The lowest BCUT2D eigenvalue weighted by Gasteiger charge is -2.16. The number of carbonyl (C=O) groups excluding carboxylic acids is 1. The predicted molar refractivity (Wildman–Crippen MR) is 91.8 cm³/mol. The number of nitrogens with zero attached hydrogens (tertiary/aromatic N) is 3. The third-order valence-corrected chi connectivity index (χ3v) is 4.96. The Balaban J connectivity index is 1.83. The molecular formula is C17H18BrN3O3. The van der Waals surface area contributed by atoms with Gasteiger partial charge in [0.15, 0.2) is 0 Å². The maximum absolute atomic E-state index is 12.6. The van der Waals surface area contributed by atoms with Crippen molar-refractivity contribution < 1.29 is 14.7 Å². The Labute approximate surface area is 148 Å². The van der Waals surface area contributed by atoms with Gasteiger partial charge in [-0.2, -0.15) is 5.10 Å². The van der Waals surface area contributed by atoms with Gasteiger partial charge in [-0.05, 0) is 24.6 Å². The van der Waals surface area contributed by atoms with E-state index in [1.165, 1.54) is 6.20 Å². The number of halogens is 1. The third-order valence-electron chi connectivity index (χ3n) is 4.43. The van der Waals surface area contributed by atoms with Crippen molar-refractivity contribution >= 4 is 27.8 Å². The molecule has 1 aliphatic heterocycles. The number of amides is 1. The standard InChI is InChI=1S/C17H18BrN3O3/c1-2-21-8-12(7-19-21)16(22)20-9-14(15(10-20)17(23)24)11-3-5-13(18)6-4-11/h3-8,14-15H,2,9-10H2,1H3,(H,23,24)/t14-,15+/m1/s1. The van der Waals surface area contributed by atoms with Crippen LogP contribution in [0.15, 0.2) is 41.1 Å². The zero-order valence-electron chi connectivity index (χ0n) is 13.2. The summed E-state index contributed by atoms with van der Waals surface area (Å²) in [6.45, 7) is 3.24. The molecular weight excluding hydrogens is 374 g/mol. The molecule has 0 saturated carbocycles. The minimum Gasteiger partial charge on any atom is -0.481 e. The van der Waals surface area contributed by atoms with Gasteiger partial charge in [0.25, 0.3) is 5.91 Å². The maximum Gasteiger partial charge on any atom is 0.308 e. The first-order valence-corrected chi connectivity index (χ1v) is 8.59. The molecule has 0 bridgehead atoms. The van der Waals surface area contributed by atoms with Crippen LogP contribution in [0.5, 0.6) is 0 Å². The molecule has 1 fully saturated rings. The summed E-state index contributed by atoms with van der Waals surface area (Å²) in [5, 5.41) is 13.7. The van der Waals surface area contributed by atoms with E-state index in [0.717, 1.165) is 10.0 Å². The fourth-order valence-electron chi connectivity index (χ4n) is 3.10. The van der Waals surface area contributed by atoms with Gasteiger partial charge < -0.3 is 10.0 Å². The number of carboxylic acids is 1. The van der Waals surface area contributed by atoms with Gasteiger partial charge in [-0.1, -0.05) is 28.1 Å². The van der Waals surface area contributed by atoms with Gasteiger partial charge in [-0.25, -0.2) is 0 Å². The van der Waals surface area contributed by atoms with Crippen molar-refractivity contribution in [3.8, 4) is 0 Å². The minimum absolute atomic E-state index is 0.166. The summed E-state index contributed by atoms with van der Waals surface area (Å²) in [5.41, 5.74) is 1.43. The Bertz CT molecular complexity index is 757. The number of carboxylic acid groups (broad SMARTS) is 1. The molecule has 1 aromatic carbocycles. The van der Waals surface area contributed by atoms with E-state index in [4.69, 9.17) is 0 Å². The monoisotopic (exact) mass is 391 g/mol. The van der Waals surface area contributed by atoms with Crippen LogP contribution in [0, 0.1) is 5.92 Å². The average molecular weight is 392 g/mol. The van der Waals surface area contributed by atoms with E-state index in [2.05, 4.69) is 21.0 Å². The average Bonchev–Trinajstić information content (AvgIpc) is 3.22. The van der Waals surface area contributed by atoms with Crippen molar-refractivity contribution in [3.63, 3.8) is 0 Å². The highest BCUT2D eigenvalue weighted by molar-refractivity contribution is 9.10. The normalized spacial score (nSPS) is 20.3. The number of likely N-dealkylation sites (tertiary alicyclic amines) is 1. The summed E-state index contributed by atoms with van der Waals surface area (Å²) >= 11 is 3.38. The van der Waals surface area contributed by atoms with Crippen LogP contribution in [0.3, 0.4) is 0 Å². The summed E-state index contributed by atoms with van der Waals surface area (Å²) in [6.07, 6.45) is 3.24. The summed E-state index contributed by atoms with van der Waals surface area (Å²) < 4.78 is 2.63. The topological polar surface area (TPSA) is 75.4 Å². The smallest absolute Gasteiger partial charge is 0.308 e. The Hall–Kier alpha value is -2.15. The maximum atomic E-state index is 12.6. The Morgan fingerprint density at radius 2 is 2.00 bits per heavy atom. The van der Waals surface area contributed by atoms with Crippen LogP contribution in [0.25, 0.3) is 0 Å². The van der Waals surface area contributed by atoms with Crippen molar-refractivity contribution in [1.29, 1.82) is 0 Å². The Morgan fingerprint density at radius 1 is 1.29 bits per heavy atom. The molecule has 126 valence electrons. The van der Waals surface area contributed by atoms with Crippen LogP contribution in [-0.2, 0) is 11.3 Å². The number of carbonyl (C=O) groups is 2. The van der Waals surface area contributed by atoms with E-state index in [1.54, 1.807) is 15.8 Å². The molecule has 6 nitrogen and oxygen atoms in total. The fraction of sp³-hybridized carbons (Fsp3) is 0.353. The first kappa shape index (κ1) is 16.7. The van der Waals surface area contributed by atoms with Gasteiger partial charge in [0.1, 0.15) is 0 Å². The molecule has 1 N–H and O–H groups in total. The molecule has 2 atom stereocenters. The van der Waals surface area contributed by atoms with Gasteiger partial charge in [-0.15, -0.1) is 0 Å². The minimum atomic E-state index is -0.873. The van der Waals surface area contributed by atoms with Crippen LogP contribution < -0.4 is 0 Å². The number of hydrogen-bond donors (Lipinski definition) is 1. The van der Waals surface area contributed by atoms with Crippen molar-refractivity contribution in [1.82, 2.24) is 14.7 Å². The molecule has 3 rings (SSSR count). The Kier molecular flexibility index (Phi) is 4.71. The molecule has 1 aliphatic rings. The molecule has 24 heavy (non-hydrogen) atoms. The molecule has 2 heterocycles. The van der Waals surface area contributed by atoms with E-state index in [1.807, 2.05) is 31.2 Å². The highest BCUT2D eigenvalue weighted by Crippen LogP contribution is 2.34. The Morgan fingerprint density at radius 3 is 2.58 bits per heavy atom. The molecule has 0 unspecified atom stereocenters. The zero-order chi connectivity index (χ0) is 17.3. The lowest BCUT2D eigenvalue weighted by atomic mass is 9.89. The van der Waals surface area contributed by atoms with Crippen LogP contribution >= 0.6 is 15.9 Å². The van der Waals surface area contributed by atoms with E-state index in [9.17, 15) is 14.7 Å². The summed E-state index contributed by atoms with van der Waals surface area (Å²) in [5.74, 6) is -1.85.